The predicted octanol–water partition coefficient (Wildman–Crippen LogP) is 5.28. The Hall–Kier alpha value is -2.52. The van der Waals surface area contributed by atoms with Crippen LogP contribution in [0.3, 0.4) is 0 Å². The lowest BCUT2D eigenvalue weighted by Gasteiger charge is -2.18. The molecule has 0 spiro atoms. The Kier molecular flexibility index (Phi) is 5.79. The molecule has 0 aliphatic rings. The summed E-state index contributed by atoms with van der Waals surface area (Å²) in [4.78, 5) is 12.6. The first kappa shape index (κ1) is 18.3. The lowest BCUT2D eigenvalue weighted by Crippen LogP contribution is -2.37. The predicted molar refractivity (Wildman–Crippen MR) is 107 cm³/mol. The molecule has 3 nitrogen and oxygen atoms in total. The third-order valence-electron chi connectivity index (χ3n) is 4.40. The minimum Gasteiger partial charge on any atom is -0.481 e. The molecule has 0 aromatic heterocycles. The molecule has 26 heavy (non-hydrogen) atoms. The normalized spacial score (nSPS) is 12.0. The maximum atomic E-state index is 12.6. The van der Waals surface area contributed by atoms with Crippen molar-refractivity contribution >= 4 is 28.3 Å². The van der Waals surface area contributed by atoms with Crippen LogP contribution in [0, 0.1) is 6.92 Å². The number of carbonyl (C=O) groups excluding carboxylic acids is 1. The van der Waals surface area contributed by atoms with Crippen molar-refractivity contribution in [3.05, 3.63) is 76.8 Å². The van der Waals surface area contributed by atoms with Gasteiger partial charge in [-0.25, -0.2) is 0 Å². The van der Waals surface area contributed by atoms with E-state index < -0.39 is 6.10 Å². The van der Waals surface area contributed by atoms with E-state index >= 15 is 0 Å². The van der Waals surface area contributed by atoms with Gasteiger partial charge in [-0.1, -0.05) is 61.0 Å². The van der Waals surface area contributed by atoms with Crippen LogP contribution < -0.4 is 10.1 Å². The molecule has 0 heterocycles. The SMILES string of the molecule is CC[C@@H](Oc1ccc(Cl)c(C)c1)C(=O)NCc1cccc2ccccc12. The number of nitrogens with one attached hydrogen (secondary N) is 1. The smallest absolute Gasteiger partial charge is 0.261 e. The van der Waals surface area contributed by atoms with E-state index in [4.69, 9.17) is 16.3 Å². The first-order valence-corrected chi connectivity index (χ1v) is 9.13. The van der Waals surface area contributed by atoms with Crippen LogP contribution >= 0.6 is 11.6 Å². The summed E-state index contributed by atoms with van der Waals surface area (Å²) in [5.74, 6) is 0.534. The molecule has 0 saturated carbocycles. The molecule has 0 bridgehead atoms. The zero-order chi connectivity index (χ0) is 18.5. The fourth-order valence-electron chi connectivity index (χ4n) is 2.92. The van der Waals surface area contributed by atoms with Crippen LogP contribution in [0.5, 0.6) is 5.75 Å². The van der Waals surface area contributed by atoms with Crippen molar-refractivity contribution in [2.24, 2.45) is 0 Å². The van der Waals surface area contributed by atoms with Gasteiger partial charge in [-0.2, -0.15) is 0 Å². The summed E-state index contributed by atoms with van der Waals surface area (Å²) in [5, 5.41) is 6.00. The Morgan fingerprint density at radius 2 is 1.88 bits per heavy atom. The van der Waals surface area contributed by atoms with E-state index in [-0.39, 0.29) is 5.91 Å². The van der Waals surface area contributed by atoms with Crippen LogP contribution in [0.4, 0.5) is 0 Å². The van der Waals surface area contributed by atoms with E-state index in [9.17, 15) is 4.79 Å². The Labute approximate surface area is 158 Å². The number of hydrogen-bond donors (Lipinski definition) is 1. The Balaban J connectivity index is 1.68. The number of fused-ring (bicyclic) bond motifs is 1. The number of ether oxygens (including phenoxy) is 1. The minimum absolute atomic E-state index is 0.118. The first-order valence-electron chi connectivity index (χ1n) is 8.75. The molecular formula is C22H22ClNO2. The van der Waals surface area contributed by atoms with Crippen LogP contribution in [0.1, 0.15) is 24.5 Å². The van der Waals surface area contributed by atoms with E-state index in [1.165, 1.54) is 5.39 Å². The second kappa shape index (κ2) is 8.24. The van der Waals surface area contributed by atoms with E-state index in [2.05, 4.69) is 23.5 Å². The summed E-state index contributed by atoms with van der Waals surface area (Å²) in [6, 6.07) is 19.7. The van der Waals surface area contributed by atoms with Crippen molar-refractivity contribution in [2.45, 2.75) is 32.9 Å². The van der Waals surface area contributed by atoms with Crippen molar-refractivity contribution < 1.29 is 9.53 Å². The Morgan fingerprint density at radius 3 is 2.65 bits per heavy atom. The summed E-state index contributed by atoms with van der Waals surface area (Å²) in [7, 11) is 0. The molecule has 0 unspecified atom stereocenters. The van der Waals surface area contributed by atoms with Crippen LogP contribution in [-0.4, -0.2) is 12.0 Å². The second-order valence-electron chi connectivity index (χ2n) is 6.28. The number of aryl methyl sites for hydroxylation is 1. The number of halogens is 1. The zero-order valence-corrected chi connectivity index (χ0v) is 15.7. The highest BCUT2D eigenvalue weighted by Gasteiger charge is 2.18. The summed E-state index contributed by atoms with van der Waals surface area (Å²) in [6.45, 7) is 4.32. The fourth-order valence-corrected chi connectivity index (χ4v) is 3.04. The van der Waals surface area contributed by atoms with Gasteiger partial charge >= 0.3 is 0 Å². The highest BCUT2D eigenvalue weighted by molar-refractivity contribution is 6.31. The standard InChI is InChI=1S/C22H22ClNO2/c1-3-21(26-18-11-12-20(23)15(2)13-18)22(25)24-14-17-9-6-8-16-7-4-5-10-19(16)17/h4-13,21H,3,14H2,1-2H3,(H,24,25)/t21-/m1/s1. The molecule has 3 rings (SSSR count). The molecule has 3 aromatic carbocycles. The summed E-state index contributed by atoms with van der Waals surface area (Å²) >= 11 is 6.04. The third-order valence-corrected chi connectivity index (χ3v) is 4.83. The molecule has 0 aliphatic carbocycles. The van der Waals surface area contributed by atoms with Crippen LogP contribution in [0.15, 0.2) is 60.7 Å². The Morgan fingerprint density at radius 1 is 1.12 bits per heavy atom. The third kappa shape index (κ3) is 4.17. The molecule has 1 N–H and O–H groups in total. The van der Waals surface area contributed by atoms with Gasteiger partial charge in [0.25, 0.3) is 5.91 Å². The molecular weight excluding hydrogens is 346 g/mol. The van der Waals surface area contributed by atoms with Crippen LogP contribution in [0.25, 0.3) is 10.8 Å². The number of rotatable bonds is 6. The maximum Gasteiger partial charge on any atom is 0.261 e. The fraction of sp³-hybridized carbons (Fsp3) is 0.227. The van der Waals surface area contributed by atoms with Crippen molar-refractivity contribution in [2.75, 3.05) is 0 Å². The van der Waals surface area contributed by atoms with Gasteiger partial charge < -0.3 is 10.1 Å². The van der Waals surface area contributed by atoms with E-state index in [0.29, 0.717) is 23.7 Å². The number of benzene rings is 3. The van der Waals surface area contributed by atoms with Crippen LogP contribution in [0.2, 0.25) is 5.02 Å². The van der Waals surface area contributed by atoms with Gasteiger partial charge in [0.2, 0.25) is 0 Å². The molecule has 3 aromatic rings. The van der Waals surface area contributed by atoms with E-state index in [1.54, 1.807) is 12.1 Å². The number of carbonyl (C=O) groups is 1. The summed E-state index contributed by atoms with van der Waals surface area (Å²) in [5.41, 5.74) is 2.02. The average Bonchev–Trinajstić information content (AvgIpc) is 2.66. The summed E-state index contributed by atoms with van der Waals surface area (Å²) < 4.78 is 5.87. The molecule has 4 heteroatoms. The molecule has 0 saturated heterocycles. The minimum atomic E-state index is -0.537. The van der Waals surface area contributed by atoms with Gasteiger partial charge in [0, 0.05) is 11.6 Å². The molecule has 134 valence electrons. The van der Waals surface area contributed by atoms with Gasteiger partial charge in [0.15, 0.2) is 6.10 Å². The number of hydrogen-bond acceptors (Lipinski definition) is 2. The van der Waals surface area contributed by atoms with Gasteiger partial charge in [-0.05, 0) is 53.4 Å². The second-order valence-corrected chi connectivity index (χ2v) is 6.69. The van der Waals surface area contributed by atoms with Crippen LogP contribution in [-0.2, 0) is 11.3 Å². The quantitative estimate of drug-likeness (QED) is 0.644. The maximum absolute atomic E-state index is 12.6. The molecule has 1 amide bonds. The molecule has 0 radical (unpaired) electrons. The lowest BCUT2D eigenvalue weighted by atomic mass is 10.0. The van der Waals surface area contributed by atoms with Crippen molar-refractivity contribution in [3.63, 3.8) is 0 Å². The Bertz CT molecular complexity index is 918. The van der Waals surface area contributed by atoms with Gasteiger partial charge in [0.05, 0.1) is 0 Å². The van der Waals surface area contributed by atoms with E-state index in [1.807, 2.05) is 44.2 Å². The van der Waals surface area contributed by atoms with Gasteiger partial charge in [-0.15, -0.1) is 0 Å². The van der Waals surface area contributed by atoms with E-state index in [0.717, 1.165) is 16.5 Å². The molecule has 1 atom stereocenters. The highest BCUT2D eigenvalue weighted by atomic mass is 35.5. The molecule has 0 aliphatic heterocycles. The molecule has 0 fully saturated rings. The topological polar surface area (TPSA) is 38.3 Å². The number of amides is 1. The monoisotopic (exact) mass is 367 g/mol. The van der Waals surface area contributed by atoms with Crippen molar-refractivity contribution in [3.8, 4) is 5.75 Å². The zero-order valence-electron chi connectivity index (χ0n) is 15.0. The van der Waals surface area contributed by atoms with Gasteiger partial charge in [0.1, 0.15) is 5.75 Å². The lowest BCUT2D eigenvalue weighted by molar-refractivity contribution is -0.128. The highest BCUT2D eigenvalue weighted by Crippen LogP contribution is 2.23. The first-order chi connectivity index (χ1) is 12.6. The van der Waals surface area contributed by atoms with Crippen molar-refractivity contribution in [1.29, 1.82) is 0 Å². The van der Waals surface area contributed by atoms with Gasteiger partial charge in [-0.3, -0.25) is 4.79 Å². The van der Waals surface area contributed by atoms with Crippen molar-refractivity contribution in [1.82, 2.24) is 5.32 Å². The largest absolute Gasteiger partial charge is 0.481 e. The average molecular weight is 368 g/mol. The summed E-state index contributed by atoms with van der Waals surface area (Å²) in [6.07, 6.45) is 0.0498.